The molecule has 0 aromatic carbocycles. The second kappa shape index (κ2) is 5.73. The van der Waals surface area contributed by atoms with Crippen LogP contribution in [0.2, 0.25) is 0 Å². The van der Waals surface area contributed by atoms with Gasteiger partial charge in [-0.15, -0.1) is 0 Å². The van der Waals surface area contributed by atoms with Crippen LogP contribution >= 0.6 is 0 Å². The lowest BCUT2D eigenvalue weighted by molar-refractivity contribution is -0.218. The van der Waals surface area contributed by atoms with E-state index < -0.39 is 5.41 Å². The Labute approximate surface area is 155 Å². The van der Waals surface area contributed by atoms with Crippen molar-refractivity contribution < 1.29 is 9.53 Å². The standard InChI is InChI=1S/C23H40O2/c1-20(2,3)14-22(7,21(4,5)6)19(24)25-23(8)17-10-15-9-16(12-17)13-18(23)11-15/h15-18H,9-14H2,1-8H3. The second-order valence-corrected chi connectivity index (χ2v) is 12.2. The average Bonchev–Trinajstić information content (AvgIpc) is 2.41. The van der Waals surface area contributed by atoms with Gasteiger partial charge >= 0.3 is 5.97 Å². The summed E-state index contributed by atoms with van der Waals surface area (Å²) >= 11 is 0. The number of rotatable bonds is 3. The molecule has 4 aliphatic carbocycles. The highest BCUT2D eigenvalue weighted by Gasteiger charge is 2.59. The van der Waals surface area contributed by atoms with Crippen molar-refractivity contribution in [1.29, 1.82) is 0 Å². The molecule has 4 bridgehead atoms. The summed E-state index contributed by atoms with van der Waals surface area (Å²) in [5, 5.41) is 0. The van der Waals surface area contributed by atoms with Gasteiger partial charge in [-0.25, -0.2) is 0 Å². The Morgan fingerprint density at radius 1 is 0.880 bits per heavy atom. The van der Waals surface area contributed by atoms with E-state index in [4.69, 9.17) is 4.74 Å². The lowest BCUT2D eigenvalue weighted by atomic mass is 9.50. The molecule has 4 saturated carbocycles. The average molecular weight is 349 g/mol. The van der Waals surface area contributed by atoms with Gasteiger partial charge in [0, 0.05) is 0 Å². The van der Waals surface area contributed by atoms with Crippen molar-refractivity contribution in [2.75, 3.05) is 0 Å². The third-order valence-electron chi connectivity index (χ3n) is 8.06. The highest BCUT2D eigenvalue weighted by Crippen LogP contribution is 2.60. The van der Waals surface area contributed by atoms with Crippen LogP contribution < -0.4 is 0 Å². The maximum Gasteiger partial charge on any atom is 0.312 e. The van der Waals surface area contributed by atoms with E-state index in [1.807, 2.05) is 0 Å². The van der Waals surface area contributed by atoms with Crippen LogP contribution in [0.4, 0.5) is 0 Å². The van der Waals surface area contributed by atoms with E-state index in [0.29, 0.717) is 11.8 Å². The summed E-state index contributed by atoms with van der Waals surface area (Å²) in [5.74, 6) is 3.03. The summed E-state index contributed by atoms with van der Waals surface area (Å²) in [4.78, 5) is 13.6. The van der Waals surface area contributed by atoms with Gasteiger partial charge in [0.1, 0.15) is 5.60 Å². The summed E-state index contributed by atoms with van der Waals surface area (Å²) < 4.78 is 6.51. The van der Waals surface area contributed by atoms with Crippen LogP contribution in [0.1, 0.15) is 93.9 Å². The maximum atomic E-state index is 13.6. The van der Waals surface area contributed by atoms with E-state index in [1.165, 1.54) is 32.1 Å². The number of hydrogen-bond acceptors (Lipinski definition) is 2. The van der Waals surface area contributed by atoms with Crippen LogP contribution in [0.5, 0.6) is 0 Å². The van der Waals surface area contributed by atoms with Crippen molar-refractivity contribution in [3.05, 3.63) is 0 Å². The minimum atomic E-state index is -0.455. The zero-order valence-electron chi connectivity index (χ0n) is 17.9. The lowest BCUT2D eigenvalue weighted by Gasteiger charge is -2.60. The van der Waals surface area contributed by atoms with Gasteiger partial charge in [-0.05, 0) is 86.9 Å². The minimum Gasteiger partial charge on any atom is -0.458 e. The highest BCUT2D eigenvalue weighted by atomic mass is 16.6. The lowest BCUT2D eigenvalue weighted by Crippen LogP contribution is -2.59. The summed E-state index contributed by atoms with van der Waals surface area (Å²) in [6.07, 6.45) is 7.41. The SMILES string of the molecule is CC(C)(C)CC(C)(C(=O)OC1(C)C2CC3CC(C2)CC1C3)C(C)(C)C. The molecule has 0 saturated heterocycles. The first-order valence-electron chi connectivity index (χ1n) is 10.5. The van der Waals surface area contributed by atoms with Crippen molar-refractivity contribution >= 4 is 5.97 Å². The Morgan fingerprint density at radius 2 is 1.32 bits per heavy atom. The fourth-order valence-corrected chi connectivity index (χ4v) is 6.30. The number of carbonyl (C=O) groups is 1. The van der Waals surface area contributed by atoms with Gasteiger partial charge in [0.15, 0.2) is 0 Å². The van der Waals surface area contributed by atoms with Crippen LogP contribution in [0.25, 0.3) is 0 Å². The third kappa shape index (κ3) is 3.28. The summed E-state index contributed by atoms with van der Waals surface area (Å²) in [6, 6.07) is 0. The Kier molecular flexibility index (Phi) is 4.41. The molecule has 2 nitrogen and oxygen atoms in total. The zero-order valence-corrected chi connectivity index (χ0v) is 17.9. The molecule has 4 rings (SSSR count). The van der Waals surface area contributed by atoms with Gasteiger partial charge in [-0.3, -0.25) is 4.79 Å². The largest absolute Gasteiger partial charge is 0.458 e. The number of esters is 1. The van der Waals surface area contributed by atoms with Crippen LogP contribution in [0.15, 0.2) is 0 Å². The summed E-state index contributed by atoms with van der Waals surface area (Å²) in [5.41, 5.74) is -0.691. The maximum absolute atomic E-state index is 13.6. The first kappa shape index (κ1) is 19.2. The molecule has 0 heterocycles. The van der Waals surface area contributed by atoms with Crippen molar-refractivity contribution in [2.45, 2.75) is 99.5 Å². The Hall–Kier alpha value is -0.530. The van der Waals surface area contributed by atoms with Gasteiger partial charge in [-0.1, -0.05) is 41.5 Å². The van der Waals surface area contributed by atoms with E-state index >= 15 is 0 Å². The fourth-order valence-electron chi connectivity index (χ4n) is 6.30. The van der Waals surface area contributed by atoms with Crippen LogP contribution in [-0.4, -0.2) is 11.6 Å². The third-order valence-corrected chi connectivity index (χ3v) is 8.06. The molecule has 4 fully saturated rings. The molecular formula is C23H40O2. The topological polar surface area (TPSA) is 26.3 Å². The normalized spacial score (nSPS) is 40.0. The molecule has 2 heteroatoms. The molecule has 0 N–H and O–H groups in total. The van der Waals surface area contributed by atoms with E-state index in [-0.39, 0.29) is 22.4 Å². The predicted molar refractivity (Wildman–Crippen MR) is 103 cm³/mol. The van der Waals surface area contributed by atoms with Crippen LogP contribution in [-0.2, 0) is 9.53 Å². The summed E-state index contributed by atoms with van der Waals surface area (Å²) in [6.45, 7) is 17.7. The first-order chi connectivity index (χ1) is 11.2. The zero-order chi connectivity index (χ0) is 18.8. The van der Waals surface area contributed by atoms with E-state index in [0.717, 1.165) is 18.3 Å². The Morgan fingerprint density at radius 3 is 1.68 bits per heavy atom. The van der Waals surface area contributed by atoms with E-state index in [9.17, 15) is 4.79 Å². The van der Waals surface area contributed by atoms with Crippen molar-refractivity contribution in [1.82, 2.24) is 0 Å². The molecule has 0 amide bonds. The Bertz CT molecular complexity index is 505. The fraction of sp³-hybridized carbons (Fsp3) is 0.957. The Balaban J connectivity index is 1.84. The molecule has 0 aromatic heterocycles. The van der Waals surface area contributed by atoms with Crippen LogP contribution in [0.3, 0.4) is 0 Å². The molecule has 25 heavy (non-hydrogen) atoms. The predicted octanol–water partition coefficient (Wildman–Crippen LogP) is 6.23. The van der Waals surface area contributed by atoms with Crippen molar-refractivity contribution in [3.8, 4) is 0 Å². The quantitative estimate of drug-likeness (QED) is 0.565. The number of carbonyl (C=O) groups excluding carboxylic acids is 1. The minimum absolute atomic E-state index is 0.0462. The monoisotopic (exact) mass is 348 g/mol. The van der Waals surface area contributed by atoms with Gasteiger partial charge < -0.3 is 4.74 Å². The molecular weight excluding hydrogens is 308 g/mol. The molecule has 4 aliphatic rings. The number of hydrogen-bond donors (Lipinski definition) is 0. The van der Waals surface area contributed by atoms with Crippen LogP contribution in [0, 0.1) is 39.9 Å². The van der Waals surface area contributed by atoms with E-state index in [1.54, 1.807) is 0 Å². The van der Waals surface area contributed by atoms with E-state index in [2.05, 4.69) is 55.4 Å². The smallest absolute Gasteiger partial charge is 0.312 e. The van der Waals surface area contributed by atoms with Gasteiger partial charge in [-0.2, -0.15) is 0 Å². The molecule has 0 aromatic rings. The van der Waals surface area contributed by atoms with Gasteiger partial charge in [0.05, 0.1) is 5.41 Å². The summed E-state index contributed by atoms with van der Waals surface area (Å²) in [7, 11) is 0. The first-order valence-corrected chi connectivity index (χ1v) is 10.5. The molecule has 1 atom stereocenters. The van der Waals surface area contributed by atoms with Crippen molar-refractivity contribution in [3.63, 3.8) is 0 Å². The molecule has 0 radical (unpaired) electrons. The molecule has 0 aliphatic heterocycles. The van der Waals surface area contributed by atoms with Gasteiger partial charge in [0.2, 0.25) is 0 Å². The molecule has 1 unspecified atom stereocenters. The molecule has 144 valence electrons. The van der Waals surface area contributed by atoms with Crippen molar-refractivity contribution in [2.24, 2.45) is 39.9 Å². The number of ether oxygens (including phenoxy) is 1. The highest BCUT2D eigenvalue weighted by molar-refractivity contribution is 5.78. The molecule has 0 spiro atoms. The van der Waals surface area contributed by atoms with Gasteiger partial charge in [0.25, 0.3) is 0 Å². The second-order valence-electron chi connectivity index (χ2n) is 12.2.